The maximum atomic E-state index is 10.3. The maximum Gasteiger partial charge on any atom is 0.169 e. The van der Waals surface area contributed by atoms with Crippen LogP contribution in [0.2, 0.25) is 5.02 Å². The Morgan fingerprint density at radius 2 is 2.12 bits per heavy atom. The van der Waals surface area contributed by atoms with Gasteiger partial charge in [-0.05, 0) is 42.0 Å². The quantitative estimate of drug-likeness (QED) is 0.619. The number of phenolic OH excluding ortho intramolecular Hbond substituents is 1. The van der Waals surface area contributed by atoms with Gasteiger partial charge in [-0.2, -0.15) is 0 Å². The molecule has 0 amide bonds. The summed E-state index contributed by atoms with van der Waals surface area (Å²) in [4.78, 5) is 1.04. The number of thiophene rings is 1. The highest BCUT2D eigenvalue weighted by molar-refractivity contribution is 7.13. The van der Waals surface area contributed by atoms with Gasteiger partial charge in [-0.1, -0.05) is 43.1 Å². The summed E-state index contributed by atoms with van der Waals surface area (Å²) in [5.74, 6) is 1.48. The molecule has 1 atom stereocenters. The van der Waals surface area contributed by atoms with Crippen molar-refractivity contribution in [2.45, 2.75) is 26.7 Å². The molecular weight excluding hydrogens is 363 g/mol. The van der Waals surface area contributed by atoms with Gasteiger partial charge in [-0.15, -0.1) is 11.3 Å². The normalized spacial score (nSPS) is 17.8. The number of rotatable bonds is 4. The number of allylic oxidation sites excluding steroid dienone is 4. The van der Waals surface area contributed by atoms with Crippen LogP contribution in [0.3, 0.4) is 0 Å². The number of aromatic hydroxyl groups is 1. The minimum absolute atomic E-state index is 0.0381. The van der Waals surface area contributed by atoms with Gasteiger partial charge >= 0.3 is 0 Å². The minimum Gasteiger partial charge on any atom is -0.504 e. The van der Waals surface area contributed by atoms with Crippen LogP contribution in [0.4, 0.5) is 0 Å². The first-order valence-corrected chi connectivity index (χ1v) is 9.46. The highest BCUT2D eigenvalue weighted by Crippen LogP contribution is 2.42. The Kier molecular flexibility index (Phi) is 5.24. The predicted octanol–water partition coefficient (Wildman–Crippen LogP) is 6.98. The number of phenols is 1. The lowest BCUT2D eigenvalue weighted by atomic mass is 9.94. The van der Waals surface area contributed by atoms with E-state index in [9.17, 15) is 5.11 Å². The zero-order valence-corrected chi connectivity index (χ0v) is 15.8. The van der Waals surface area contributed by atoms with E-state index in [2.05, 4.69) is 13.8 Å². The van der Waals surface area contributed by atoms with E-state index >= 15 is 0 Å². The number of ether oxygens (including phenoxy) is 1. The third kappa shape index (κ3) is 3.49. The molecule has 1 aromatic heterocycles. The minimum atomic E-state index is 0.0381. The van der Waals surface area contributed by atoms with E-state index in [4.69, 9.17) is 27.9 Å². The van der Waals surface area contributed by atoms with Crippen LogP contribution in [0.1, 0.15) is 26.7 Å². The van der Waals surface area contributed by atoms with E-state index in [0.717, 1.165) is 39.6 Å². The Balaban J connectivity index is 2.02. The molecule has 5 heteroatoms. The van der Waals surface area contributed by atoms with Crippen molar-refractivity contribution in [1.29, 1.82) is 0 Å². The molecule has 0 fully saturated rings. The topological polar surface area (TPSA) is 29.5 Å². The molecule has 24 heavy (non-hydrogen) atoms. The number of halogens is 2. The summed E-state index contributed by atoms with van der Waals surface area (Å²) in [6.07, 6.45) is 3.53. The molecule has 0 saturated heterocycles. The van der Waals surface area contributed by atoms with Gasteiger partial charge in [0.25, 0.3) is 0 Å². The van der Waals surface area contributed by atoms with Crippen molar-refractivity contribution in [2.75, 3.05) is 0 Å². The summed E-state index contributed by atoms with van der Waals surface area (Å²) < 4.78 is 6.12. The lowest BCUT2D eigenvalue weighted by Crippen LogP contribution is -2.13. The Hall–Kier alpha value is -1.42. The average Bonchev–Trinajstić information content (AvgIpc) is 3.05. The Morgan fingerprint density at radius 3 is 2.79 bits per heavy atom. The molecule has 1 heterocycles. The van der Waals surface area contributed by atoms with Gasteiger partial charge in [0, 0.05) is 27.5 Å². The van der Waals surface area contributed by atoms with E-state index in [1.807, 2.05) is 23.6 Å². The van der Waals surface area contributed by atoms with Crippen molar-refractivity contribution < 1.29 is 9.84 Å². The molecule has 1 aliphatic carbocycles. The monoisotopic (exact) mass is 380 g/mol. The largest absolute Gasteiger partial charge is 0.504 e. The third-order valence-corrected chi connectivity index (χ3v) is 5.51. The molecule has 1 aromatic carbocycles. The molecular formula is C19H18Cl2O2S. The second-order valence-electron chi connectivity index (χ2n) is 5.82. The van der Waals surface area contributed by atoms with Crippen LogP contribution in [0.15, 0.2) is 52.1 Å². The van der Waals surface area contributed by atoms with Crippen LogP contribution >= 0.6 is 34.5 Å². The van der Waals surface area contributed by atoms with Gasteiger partial charge in [-0.25, -0.2) is 0 Å². The summed E-state index contributed by atoms with van der Waals surface area (Å²) in [5.41, 5.74) is 1.92. The van der Waals surface area contributed by atoms with Crippen LogP contribution in [0.25, 0.3) is 10.4 Å². The fraction of sp³-hybridized carbons (Fsp3) is 0.263. The first-order chi connectivity index (χ1) is 11.5. The Labute approximate surface area is 156 Å². The third-order valence-electron chi connectivity index (χ3n) is 4.03. The van der Waals surface area contributed by atoms with Gasteiger partial charge in [-0.3, -0.25) is 0 Å². The smallest absolute Gasteiger partial charge is 0.169 e. The second kappa shape index (κ2) is 7.22. The lowest BCUT2D eigenvalue weighted by Gasteiger charge is -2.24. The van der Waals surface area contributed by atoms with Gasteiger partial charge in [0.05, 0.1) is 5.02 Å². The number of hydrogen-bond acceptors (Lipinski definition) is 3. The van der Waals surface area contributed by atoms with Crippen molar-refractivity contribution in [1.82, 2.24) is 0 Å². The van der Waals surface area contributed by atoms with Crippen LogP contribution in [-0.2, 0) is 0 Å². The molecule has 3 rings (SSSR count). The van der Waals surface area contributed by atoms with E-state index in [1.54, 1.807) is 17.4 Å². The van der Waals surface area contributed by atoms with Crippen LogP contribution < -0.4 is 4.74 Å². The molecule has 0 spiro atoms. The summed E-state index contributed by atoms with van der Waals surface area (Å²) in [7, 11) is 0. The predicted molar refractivity (Wildman–Crippen MR) is 102 cm³/mol. The number of benzene rings is 1. The van der Waals surface area contributed by atoms with Gasteiger partial charge in [0.1, 0.15) is 5.76 Å². The van der Waals surface area contributed by atoms with Gasteiger partial charge in [0.15, 0.2) is 11.5 Å². The lowest BCUT2D eigenvalue weighted by molar-refractivity contribution is 0.328. The molecule has 1 N–H and O–H groups in total. The molecule has 2 aromatic rings. The van der Waals surface area contributed by atoms with E-state index in [0.29, 0.717) is 10.8 Å². The zero-order chi connectivity index (χ0) is 17.3. The summed E-state index contributed by atoms with van der Waals surface area (Å²) in [6.45, 7) is 4.14. The van der Waals surface area contributed by atoms with Crippen molar-refractivity contribution in [3.05, 3.63) is 57.1 Å². The molecule has 0 bridgehead atoms. The fourth-order valence-corrected chi connectivity index (χ4v) is 4.26. The highest BCUT2D eigenvalue weighted by Gasteiger charge is 2.23. The average molecular weight is 381 g/mol. The molecule has 1 unspecified atom stereocenters. The van der Waals surface area contributed by atoms with Crippen LogP contribution in [0.5, 0.6) is 11.5 Å². The van der Waals surface area contributed by atoms with Crippen molar-refractivity contribution in [3.63, 3.8) is 0 Å². The van der Waals surface area contributed by atoms with Crippen molar-refractivity contribution in [2.24, 2.45) is 5.92 Å². The van der Waals surface area contributed by atoms with E-state index < -0.39 is 0 Å². The summed E-state index contributed by atoms with van der Waals surface area (Å²) >= 11 is 14.1. The molecule has 0 saturated carbocycles. The van der Waals surface area contributed by atoms with Crippen LogP contribution in [-0.4, -0.2) is 5.11 Å². The van der Waals surface area contributed by atoms with Crippen molar-refractivity contribution in [3.8, 4) is 21.9 Å². The second-order valence-corrected chi connectivity index (χ2v) is 7.66. The summed E-state index contributed by atoms with van der Waals surface area (Å²) in [5, 5.41) is 13.6. The van der Waals surface area contributed by atoms with Crippen molar-refractivity contribution >= 4 is 34.5 Å². The SMILES string of the molecule is CCC1=C(Oc2cc(-c3cccs3)c(Cl)cc2O)C(C)CC(Cl)=C1. The number of hydrogen-bond donors (Lipinski definition) is 1. The van der Waals surface area contributed by atoms with E-state index in [-0.39, 0.29) is 11.7 Å². The maximum absolute atomic E-state index is 10.3. The molecule has 126 valence electrons. The van der Waals surface area contributed by atoms with Gasteiger partial charge < -0.3 is 9.84 Å². The fourth-order valence-electron chi connectivity index (χ4n) is 2.83. The Morgan fingerprint density at radius 1 is 1.33 bits per heavy atom. The van der Waals surface area contributed by atoms with Crippen LogP contribution in [0, 0.1) is 5.92 Å². The molecule has 1 aliphatic rings. The standard InChI is InChI=1S/C19H18Cl2O2S/c1-3-12-8-13(20)7-11(2)19(12)23-17-9-14(15(21)10-16(17)22)18-5-4-6-24-18/h4-6,8-11,22H,3,7H2,1-2H3. The Bertz CT molecular complexity index is 807. The molecule has 2 nitrogen and oxygen atoms in total. The molecule has 0 radical (unpaired) electrons. The summed E-state index contributed by atoms with van der Waals surface area (Å²) in [6, 6.07) is 7.30. The van der Waals surface area contributed by atoms with E-state index in [1.165, 1.54) is 6.07 Å². The first kappa shape index (κ1) is 17.4. The highest BCUT2D eigenvalue weighted by atomic mass is 35.5. The zero-order valence-electron chi connectivity index (χ0n) is 13.5. The first-order valence-electron chi connectivity index (χ1n) is 7.83. The molecule has 0 aliphatic heterocycles. The van der Waals surface area contributed by atoms with Gasteiger partial charge in [0.2, 0.25) is 0 Å².